The number of nitrogens with zero attached hydrogens (tertiary/aromatic N) is 1. The molecule has 1 aromatic rings. The molecule has 1 aromatic carbocycles. The van der Waals surface area contributed by atoms with E-state index in [4.69, 9.17) is 5.73 Å². The van der Waals surface area contributed by atoms with Gasteiger partial charge in [-0.05, 0) is 37.1 Å². The van der Waals surface area contributed by atoms with Crippen LogP contribution >= 0.6 is 15.9 Å². The van der Waals surface area contributed by atoms with E-state index in [-0.39, 0.29) is 6.04 Å². The van der Waals surface area contributed by atoms with Crippen LogP contribution in [0.4, 0.5) is 0 Å². The smallest absolute Gasteiger partial charge is 0.0500 e. The first-order valence-corrected chi connectivity index (χ1v) is 6.76. The van der Waals surface area contributed by atoms with Crippen molar-refractivity contribution in [1.82, 2.24) is 4.90 Å². The van der Waals surface area contributed by atoms with Gasteiger partial charge in [-0.2, -0.15) is 0 Å². The Bertz CT molecular complexity index is 352. The molecule has 2 nitrogen and oxygen atoms in total. The zero-order valence-electron chi connectivity index (χ0n) is 9.70. The van der Waals surface area contributed by atoms with Gasteiger partial charge in [0, 0.05) is 23.1 Å². The van der Waals surface area contributed by atoms with Gasteiger partial charge in [-0.1, -0.05) is 35.0 Å². The highest BCUT2D eigenvalue weighted by Crippen LogP contribution is 2.32. The number of halogens is 1. The fourth-order valence-corrected chi connectivity index (χ4v) is 2.99. The van der Waals surface area contributed by atoms with Crippen LogP contribution in [-0.2, 0) is 0 Å². The third-order valence-electron chi connectivity index (χ3n) is 3.25. The Morgan fingerprint density at radius 3 is 3.00 bits per heavy atom. The highest BCUT2D eigenvalue weighted by atomic mass is 79.9. The largest absolute Gasteiger partial charge is 0.326 e. The molecular weight excluding hydrogens is 264 g/mol. The van der Waals surface area contributed by atoms with E-state index in [1.54, 1.807) is 0 Å². The van der Waals surface area contributed by atoms with Crippen LogP contribution in [0.1, 0.15) is 31.4 Å². The Balaban J connectivity index is 2.22. The van der Waals surface area contributed by atoms with Crippen molar-refractivity contribution >= 4 is 15.9 Å². The number of hydrogen-bond acceptors (Lipinski definition) is 2. The second kappa shape index (κ2) is 5.30. The molecule has 0 aromatic heterocycles. The monoisotopic (exact) mass is 282 g/mol. The van der Waals surface area contributed by atoms with Crippen molar-refractivity contribution in [3.05, 3.63) is 34.3 Å². The lowest BCUT2D eigenvalue weighted by Gasteiger charge is -2.26. The van der Waals surface area contributed by atoms with Crippen molar-refractivity contribution in [2.45, 2.75) is 31.8 Å². The summed E-state index contributed by atoms with van der Waals surface area (Å²) in [6.45, 7) is 4.50. The van der Waals surface area contributed by atoms with Crippen molar-refractivity contribution in [2.24, 2.45) is 5.73 Å². The van der Waals surface area contributed by atoms with Crippen LogP contribution in [0.3, 0.4) is 0 Å². The van der Waals surface area contributed by atoms with Gasteiger partial charge in [0.05, 0.1) is 0 Å². The van der Waals surface area contributed by atoms with Crippen LogP contribution in [0.15, 0.2) is 28.7 Å². The lowest BCUT2D eigenvalue weighted by atomic mass is 10.0. The van der Waals surface area contributed by atoms with Crippen LogP contribution in [-0.4, -0.2) is 24.0 Å². The first-order valence-electron chi connectivity index (χ1n) is 5.97. The number of nitrogens with two attached hydrogens (primary N) is 1. The van der Waals surface area contributed by atoms with Crippen LogP contribution < -0.4 is 5.73 Å². The molecule has 0 saturated carbocycles. The van der Waals surface area contributed by atoms with E-state index in [0.29, 0.717) is 6.04 Å². The lowest BCUT2D eigenvalue weighted by molar-refractivity contribution is 0.248. The number of benzene rings is 1. The standard InChI is InChI=1S/C13H19BrN2/c1-2-7-16-8-6-12(15)13(16)10-4-3-5-11(14)9-10/h3-5,9,12-13H,2,6-8,15H2,1H3/t12-,13+/m1/s1. The molecule has 16 heavy (non-hydrogen) atoms. The Hall–Kier alpha value is -0.380. The molecule has 1 saturated heterocycles. The molecule has 1 fully saturated rings. The van der Waals surface area contributed by atoms with Crippen molar-refractivity contribution in [2.75, 3.05) is 13.1 Å². The van der Waals surface area contributed by atoms with E-state index >= 15 is 0 Å². The molecule has 0 amide bonds. The summed E-state index contributed by atoms with van der Waals surface area (Å²) in [5.41, 5.74) is 7.57. The fraction of sp³-hybridized carbons (Fsp3) is 0.538. The zero-order valence-corrected chi connectivity index (χ0v) is 11.3. The molecule has 1 aliphatic heterocycles. The van der Waals surface area contributed by atoms with E-state index in [2.05, 4.69) is 52.0 Å². The second-order valence-corrected chi connectivity index (χ2v) is 5.40. The van der Waals surface area contributed by atoms with Gasteiger partial charge in [-0.3, -0.25) is 4.90 Å². The predicted molar refractivity (Wildman–Crippen MR) is 71.3 cm³/mol. The summed E-state index contributed by atoms with van der Waals surface area (Å²) < 4.78 is 1.14. The van der Waals surface area contributed by atoms with Gasteiger partial charge in [0.25, 0.3) is 0 Å². The molecule has 0 radical (unpaired) electrons. The molecule has 1 heterocycles. The fourth-order valence-electron chi connectivity index (χ4n) is 2.57. The average Bonchev–Trinajstić information content (AvgIpc) is 2.60. The summed E-state index contributed by atoms with van der Waals surface area (Å²) in [5.74, 6) is 0. The zero-order chi connectivity index (χ0) is 11.5. The van der Waals surface area contributed by atoms with Crippen LogP contribution in [0.25, 0.3) is 0 Å². The summed E-state index contributed by atoms with van der Waals surface area (Å²) in [7, 11) is 0. The van der Waals surface area contributed by atoms with Crippen LogP contribution in [0.5, 0.6) is 0 Å². The minimum atomic E-state index is 0.279. The predicted octanol–water partition coefficient (Wildman–Crippen LogP) is 2.93. The average molecular weight is 283 g/mol. The molecule has 0 unspecified atom stereocenters. The summed E-state index contributed by atoms with van der Waals surface area (Å²) in [4.78, 5) is 2.51. The minimum absolute atomic E-state index is 0.279. The number of hydrogen-bond donors (Lipinski definition) is 1. The molecule has 1 aliphatic rings. The maximum absolute atomic E-state index is 6.22. The third-order valence-corrected chi connectivity index (χ3v) is 3.74. The Kier molecular flexibility index (Phi) is 4.00. The van der Waals surface area contributed by atoms with Crippen molar-refractivity contribution in [3.63, 3.8) is 0 Å². The SMILES string of the molecule is CCCN1CC[C@@H](N)[C@@H]1c1cccc(Br)c1. The van der Waals surface area contributed by atoms with Gasteiger partial charge in [-0.25, -0.2) is 0 Å². The second-order valence-electron chi connectivity index (χ2n) is 4.49. The molecule has 0 aliphatic carbocycles. The topological polar surface area (TPSA) is 29.3 Å². The highest BCUT2D eigenvalue weighted by molar-refractivity contribution is 9.10. The summed E-state index contributed by atoms with van der Waals surface area (Å²) in [6.07, 6.45) is 2.30. The van der Waals surface area contributed by atoms with Gasteiger partial charge in [0.15, 0.2) is 0 Å². The van der Waals surface area contributed by atoms with E-state index in [9.17, 15) is 0 Å². The van der Waals surface area contributed by atoms with E-state index in [1.165, 1.54) is 12.0 Å². The van der Waals surface area contributed by atoms with Gasteiger partial charge < -0.3 is 5.73 Å². The lowest BCUT2D eigenvalue weighted by Crippen LogP contribution is -2.32. The van der Waals surface area contributed by atoms with Crippen molar-refractivity contribution in [1.29, 1.82) is 0 Å². The summed E-state index contributed by atoms with van der Waals surface area (Å²) in [5, 5.41) is 0. The Labute approximate surface area is 106 Å². The molecule has 3 heteroatoms. The third kappa shape index (κ3) is 2.47. The van der Waals surface area contributed by atoms with Gasteiger partial charge in [0.2, 0.25) is 0 Å². The number of likely N-dealkylation sites (tertiary alicyclic amines) is 1. The maximum atomic E-state index is 6.22. The summed E-state index contributed by atoms with van der Waals surface area (Å²) >= 11 is 3.53. The normalized spacial score (nSPS) is 26.2. The van der Waals surface area contributed by atoms with Gasteiger partial charge in [0.1, 0.15) is 0 Å². The van der Waals surface area contributed by atoms with E-state index in [1.807, 2.05) is 0 Å². The maximum Gasteiger partial charge on any atom is 0.0500 e. The molecule has 0 bridgehead atoms. The Morgan fingerprint density at radius 2 is 2.31 bits per heavy atom. The van der Waals surface area contributed by atoms with Crippen LogP contribution in [0, 0.1) is 0 Å². The number of rotatable bonds is 3. The van der Waals surface area contributed by atoms with Gasteiger partial charge >= 0.3 is 0 Å². The quantitative estimate of drug-likeness (QED) is 0.924. The summed E-state index contributed by atoms with van der Waals surface area (Å²) in [6, 6.07) is 9.21. The molecule has 2 rings (SSSR count). The molecule has 2 atom stereocenters. The van der Waals surface area contributed by atoms with Crippen molar-refractivity contribution in [3.8, 4) is 0 Å². The van der Waals surface area contributed by atoms with Crippen molar-refractivity contribution < 1.29 is 0 Å². The van der Waals surface area contributed by atoms with Crippen LogP contribution in [0.2, 0.25) is 0 Å². The first kappa shape index (κ1) is 12.1. The highest BCUT2D eigenvalue weighted by Gasteiger charge is 2.32. The first-order chi connectivity index (χ1) is 7.72. The molecule has 2 N–H and O–H groups in total. The molecule has 0 spiro atoms. The molecular formula is C13H19BrN2. The van der Waals surface area contributed by atoms with E-state index in [0.717, 1.165) is 24.0 Å². The Morgan fingerprint density at radius 1 is 1.50 bits per heavy atom. The minimum Gasteiger partial charge on any atom is -0.326 e. The van der Waals surface area contributed by atoms with Gasteiger partial charge in [-0.15, -0.1) is 0 Å². The van der Waals surface area contributed by atoms with E-state index < -0.39 is 0 Å². The molecule has 88 valence electrons.